The van der Waals surface area contributed by atoms with Gasteiger partial charge in [0.1, 0.15) is 0 Å². The highest BCUT2D eigenvalue weighted by Gasteiger charge is 2.43. The number of hydrogen-bond acceptors (Lipinski definition) is 2. The largest absolute Gasteiger partial charge is 0.394 e. The summed E-state index contributed by atoms with van der Waals surface area (Å²) in [5.74, 6) is 0. The predicted molar refractivity (Wildman–Crippen MR) is 76.7 cm³/mol. The highest BCUT2D eigenvalue weighted by Crippen LogP contribution is 2.34. The van der Waals surface area contributed by atoms with E-state index in [0.717, 1.165) is 23.0 Å². The van der Waals surface area contributed by atoms with Crippen molar-refractivity contribution in [2.75, 3.05) is 11.9 Å². The maximum atomic E-state index is 11.6. The molecule has 1 fully saturated rings. The smallest absolute Gasteiger partial charge is 0.319 e. The van der Waals surface area contributed by atoms with Gasteiger partial charge in [-0.05, 0) is 37.1 Å². The third-order valence-corrected chi connectivity index (χ3v) is 3.17. The minimum absolute atomic E-state index is 0.000752. The monoisotopic (exact) mass is 314 g/mol. The first-order valence-corrected chi connectivity index (χ1v) is 6.88. The van der Waals surface area contributed by atoms with E-state index in [4.69, 9.17) is 5.11 Å². The maximum Gasteiger partial charge on any atom is 0.319 e. The minimum Gasteiger partial charge on any atom is -0.394 e. The van der Waals surface area contributed by atoms with Gasteiger partial charge in [-0.25, -0.2) is 4.79 Å². The lowest BCUT2D eigenvalue weighted by Crippen LogP contribution is -2.42. The third-order valence-electron chi connectivity index (χ3n) is 2.64. The molecule has 1 saturated carbocycles. The summed E-state index contributed by atoms with van der Waals surface area (Å²) in [7, 11) is 0. The molecule has 0 atom stereocenters. The number of hydrogen-bond donors (Lipinski definition) is 3. The lowest BCUT2D eigenvalue weighted by Gasteiger charge is -2.14. The topological polar surface area (TPSA) is 61.4 Å². The fraction of sp³-hybridized carbons (Fsp3) is 0.462. The van der Waals surface area contributed by atoms with Gasteiger partial charge in [0.25, 0.3) is 0 Å². The number of rotatable bonds is 3. The zero-order valence-corrected chi connectivity index (χ0v) is 12.3. The molecule has 18 heavy (non-hydrogen) atoms. The molecule has 100 valence electrons. The van der Waals surface area contributed by atoms with Crippen LogP contribution >= 0.6 is 15.9 Å². The Balaban J connectivity index is 0.000000771. The molecule has 1 aliphatic carbocycles. The van der Waals surface area contributed by atoms with E-state index in [1.54, 1.807) is 0 Å². The Morgan fingerprint density at radius 1 is 1.33 bits per heavy atom. The Morgan fingerprint density at radius 3 is 2.33 bits per heavy atom. The van der Waals surface area contributed by atoms with Crippen LogP contribution < -0.4 is 10.6 Å². The molecular formula is C13H19BrN2O2. The molecule has 0 aromatic heterocycles. The average molecular weight is 315 g/mol. The van der Waals surface area contributed by atoms with E-state index in [9.17, 15) is 4.79 Å². The van der Waals surface area contributed by atoms with Gasteiger partial charge in [0.2, 0.25) is 0 Å². The van der Waals surface area contributed by atoms with Gasteiger partial charge in [0, 0.05) is 10.2 Å². The Morgan fingerprint density at radius 2 is 1.89 bits per heavy atom. The van der Waals surface area contributed by atoms with Crippen LogP contribution in [0.2, 0.25) is 0 Å². The number of benzene rings is 1. The average Bonchev–Trinajstić information content (AvgIpc) is 3.15. The number of urea groups is 1. The molecule has 0 radical (unpaired) electrons. The quantitative estimate of drug-likeness (QED) is 0.802. The van der Waals surface area contributed by atoms with E-state index in [0.29, 0.717) is 0 Å². The van der Waals surface area contributed by atoms with Gasteiger partial charge in [-0.15, -0.1) is 0 Å². The lowest BCUT2D eigenvalue weighted by molar-refractivity contribution is 0.217. The van der Waals surface area contributed by atoms with Crippen molar-refractivity contribution < 1.29 is 9.90 Å². The molecule has 0 unspecified atom stereocenters. The summed E-state index contributed by atoms with van der Waals surface area (Å²) in [6, 6.07) is 7.06. The Bertz CT molecular complexity index is 388. The SMILES string of the molecule is CC.O=C(Nc1ccc(Br)cc1)NC1(CO)CC1. The summed E-state index contributed by atoms with van der Waals surface area (Å²) >= 11 is 3.32. The van der Waals surface area contributed by atoms with Gasteiger partial charge < -0.3 is 15.7 Å². The number of nitrogens with one attached hydrogen (secondary N) is 2. The summed E-state index contributed by atoms with van der Waals surface area (Å²) in [6.45, 7) is 4.00. The fourth-order valence-corrected chi connectivity index (χ4v) is 1.67. The standard InChI is InChI=1S/C11H13BrN2O2.C2H6/c12-8-1-3-9(4-2-8)13-10(16)14-11(7-15)5-6-11;1-2/h1-4,15H,5-7H2,(H2,13,14,16);1-2H3. The summed E-state index contributed by atoms with van der Waals surface area (Å²) in [4.78, 5) is 11.6. The van der Waals surface area contributed by atoms with Crippen LogP contribution in [-0.2, 0) is 0 Å². The Labute approximate surface area is 116 Å². The van der Waals surface area contributed by atoms with Crippen molar-refractivity contribution >= 4 is 27.6 Å². The highest BCUT2D eigenvalue weighted by molar-refractivity contribution is 9.10. The summed E-state index contributed by atoms with van der Waals surface area (Å²) in [5.41, 5.74) is 0.355. The zero-order valence-electron chi connectivity index (χ0n) is 10.7. The Hall–Kier alpha value is -1.07. The van der Waals surface area contributed by atoms with Gasteiger partial charge in [-0.3, -0.25) is 0 Å². The van der Waals surface area contributed by atoms with Crippen molar-refractivity contribution in [1.82, 2.24) is 5.32 Å². The number of aliphatic hydroxyl groups excluding tert-OH is 1. The van der Waals surface area contributed by atoms with Gasteiger partial charge in [0.05, 0.1) is 12.1 Å². The molecule has 4 nitrogen and oxygen atoms in total. The number of carbonyl (C=O) groups is 1. The minimum atomic E-state index is -0.376. The molecular weight excluding hydrogens is 296 g/mol. The molecule has 0 aliphatic heterocycles. The molecule has 5 heteroatoms. The third kappa shape index (κ3) is 4.31. The van der Waals surface area contributed by atoms with Crippen LogP contribution in [0.15, 0.2) is 28.7 Å². The first kappa shape index (κ1) is 15.0. The summed E-state index contributed by atoms with van der Waals surface area (Å²) < 4.78 is 0.965. The number of halogens is 1. The molecule has 0 saturated heterocycles. The second-order valence-corrected chi connectivity index (χ2v) is 4.94. The summed E-state index contributed by atoms with van der Waals surface area (Å²) in [5, 5.41) is 14.5. The van der Waals surface area contributed by atoms with E-state index in [2.05, 4.69) is 26.6 Å². The second-order valence-electron chi connectivity index (χ2n) is 4.02. The molecule has 1 aromatic rings. The van der Waals surface area contributed by atoms with Gasteiger partial charge in [-0.2, -0.15) is 0 Å². The maximum absolute atomic E-state index is 11.6. The molecule has 3 N–H and O–H groups in total. The van der Waals surface area contributed by atoms with Crippen LogP contribution in [0.5, 0.6) is 0 Å². The van der Waals surface area contributed by atoms with Crippen LogP contribution in [0.1, 0.15) is 26.7 Å². The molecule has 0 heterocycles. The Kier molecular flexibility index (Phi) is 5.62. The highest BCUT2D eigenvalue weighted by atomic mass is 79.9. The fourth-order valence-electron chi connectivity index (χ4n) is 1.41. The van der Waals surface area contributed by atoms with E-state index in [-0.39, 0.29) is 18.2 Å². The van der Waals surface area contributed by atoms with E-state index in [1.165, 1.54) is 0 Å². The van der Waals surface area contributed by atoms with E-state index in [1.807, 2.05) is 38.1 Å². The van der Waals surface area contributed by atoms with Crippen LogP contribution in [0, 0.1) is 0 Å². The summed E-state index contributed by atoms with van der Waals surface area (Å²) in [6.07, 6.45) is 1.69. The van der Waals surface area contributed by atoms with Crippen LogP contribution in [0.4, 0.5) is 10.5 Å². The van der Waals surface area contributed by atoms with Crippen molar-refractivity contribution in [3.63, 3.8) is 0 Å². The second kappa shape index (κ2) is 6.75. The van der Waals surface area contributed by atoms with Crippen molar-refractivity contribution in [3.8, 4) is 0 Å². The molecule has 2 amide bonds. The van der Waals surface area contributed by atoms with Gasteiger partial charge in [0.15, 0.2) is 0 Å². The predicted octanol–water partition coefficient (Wildman–Crippen LogP) is 3.12. The number of aliphatic hydroxyl groups is 1. The first-order chi connectivity index (χ1) is 8.63. The lowest BCUT2D eigenvalue weighted by atomic mass is 10.3. The number of carbonyl (C=O) groups excluding carboxylic acids is 1. The van der Waals surface area contributed by atoms with Crippen molar-refractivity contribution in [3.05, 3.63) is 28.7 Å². The number of anilines is 1. The van der Waals surface area contributed by atoms with Crippen molar-refractivity contribution in [1.29, 1.82) is 0 Å². The first-order valence-electron chi connectivity index (χ1n) is 6.09. The number of amides is 2. The van der Waals surface area contributed by atoms with Crippen LogP contribution in [-0.4, -0.2) is 23.3 Å². The van der Waals surface area contributed by atoms with Crippen molar-refractivity contribution in [2.45, 2.75) is 32.2 Å². The normalized spacial score (nSPS) is 15.1. The molecule has 0 bridgehead atoms. The van der Waals surface area contributed by atoms with E-state index < -0.39 is 0 Å². The molecule has 1 aromatic carbocycles. The van der Waals surface area contributed by atoms with Crippen molar-refractivity contribution in [2.24, 2.45) is 0 Å². The molecule has 1 aliphatic rings. The van der Waals surface area contributed by atoms with Gasteiger partial charge in [-0.1, -0.05) is 29.8 Å². The zero-order chi connectivity index (χ0) is 13.6. The van der Waals surface area contributed by atoms with E-state index >= 15 is 0 Å². The van der Waals surface area contributed by atoms with Crippen LogP contribution in [0.3, 0.4) is 0 Å². The van der Waals surface area contributed by atoms with Crippen LogP contribution in [0.25, 0.3) is 0 Å². The van der Waals surface area contributed by atoms with Gasteiger partial charge >= 0.3 is 6.03 Å². The molecule has 0 spiro atoms. The molecule has 2 rings (SSSR count).